The Hall–Kier alpha value is -1.12. The van der Waals surface area contributed by atoms with Crippen molar-refractivity contribution in [1.82, 2.24) is 0 Å². The van der Waals surface area contributed by atoms with Gasteiger partial charge in [0.05, 0.1) is 0 Å². The molecular weight excluding hydrogens is 174 g/mol. The highest BCUT2D eigenvalue weighted by molar-refractivity contribution is 5.28. The molecule has 0 N–H and O–H groups in total. The number of halogens is 2. The highest BCUT2D eigenvalue weighted by atomic mass is 19.3. The fourth-order valence-corrected chi connectivity index (χ4v) is 1.04. The van der Waals surface area contributed by atoms with E-state index in [1.54, 1.807) is 12.1 Å². The third-order valence-corrected chi connectivity index (χ3v) is 1.60. The maximum Gasteiger partial charge on any atom is 0.394 e. The fourth-order valence-electron chi connectivity index (χ4n) is 1.04. The largest absolute Gasteiger partial charge is 0.433 e. The summed E-state index contributed by atoms with van der Waals surface area (Å²) in [6.07, 6.45) is -2.29. The Morgan fingerprint density at radius 1 is 1.38 bits per heavy atom. The predicted octanol–water partition coefficient (Wildman–Crippen LogP) is 3.24. The Morgan fingerprint density at radius 2 is 2.08 bits per heavy atom. The van der Waals surface area contributed by atoms with Gasteiger partial charge in [-0.3, -0.25) is 0 Å². The average molecular weight is 186 g/mol. The molecule has 1 aromatic rings. The van der Waals surface area contributed by atoms with Crippen molar-refractivity contribution in [1.29, 1.82) is 0 Å². The van der Waals surface area contributed by atoms with E-state index in [1.165, 1.54) is 6.07 Å². The van der Waals surface area contributed by atoms with Crippen molar-refractivity contribution < 1.29 is 13.5 Å². The van der Waals surface area contributed by atoms with Crippen LogP contribution in [0.4, 0.5) is 8.78 Å². The summed E-state index contributed by atoms with van der Waals surface area (Å²) in [5.74, 6) is 0.215. The van der Waals surface area contributed by atoms with E-state index in [9.17, 15) is 8.78 Å². The van der Waals surface area contributed by atoms with Gasteiger partial charge >= 0.3 is 6.11 Å². The van der Waals surface area contributed by atoms with Gasteiger partial charge in [-0.05, 0) is 24.1 Å². The molecule has 0 radical (unpaired) electrons. The van der Waals surface area contributed by atoms with Crippen molar-refractivity contribution in [2.45, 2.75) is 26.4 Å². The number of alkyl halides is 2. The van der Waals surface area contributed by atoms with Gasteiger partial charge < -0.3 is 4.74 Å². The Kier molecular flexibility index (Phi) is 2.86. The summed E-state index contributed by atoms with van der Waals surface area (Å²) in [6, 6.07) is 6.73. The third-order valence-electron chi connectivity index (χ3n) is 1.60. The third kappa shape index (κ3) is 3.40. The molecule has 13 heavy (non-hydrogen) atoms. The maximum atomic E-state index is 12.4. The second kappa shape index (κ2) is 3.73. The van der Waals surface area contributed by atoms with Gasteiger partial charge in [0, 0.05) is 6.92 Å². The minimum absolute atomic E-state index is 0.215. The van der Waals surface area contributed by atoms with Gasteiger partial charge in [-0.25, -0.2) is 0 Å². The Labute approximate surface area is 76.3 Å². The predicted molar refractivity (Wildman–Crippen MR) is 47.1 cm³/mol. The molecule has 0 aromatic heterocycles. The van der Waals surface area contributed by atoms with Gasteiger partial charge in [0.25, 0.3) is 0 Å². The monoisotopic (exact) mass is 186 g/mol. The summed E-state index contributed by atoms with van der Waals surface area (Å²) >= 11 is 0. The van der Waals surface area contributed by atoms with E-state index in [4.69, 9.17) is 0 Å². The second-order valence-electron chi connectivity index (χ2n) is 2.91. The van der Waals surface area contributed by atoms with Crippen LogP contribution in [0.5, 0.6) is 5.75 Å². The summed E-state index contributed by atoms with van der Waals surface area (Å²) in [5, 5.41) is 0. The maximum absolute atomic E-state index is 12.4. The van der Waals surface area contributed by atoms with E-state index in [0.29, 0.717) is 0 Å². The number of hydrogen-bond donors (Lipinski definition) is 0. The molecule has 0 fully saturated rings. The highest BCUT2D eigenvalue weighted by Crippen LogP contribution is 2.21. The van der Waals surface area contributed by atoms with Crippen LogP contribution in [0.25, 0.3) is 0 Å². The fraction of sp³-hybridized carbons (Fsp3) is 0.400. The number of hydrogen-bond acceptors (Lipinski definition) is 1. The molecule has 1 aromatic carbocycles. The van der Waals surface area contributed by atoms with Crippen LogP contribution in [0.2, 0.25) is 0 Å². The summed E-state index contributed by atoms with van der Waals surface area (Å²) in [5.41, 5.74) is 0.988. The Morgan fingerprint density at radius 3 is 2.62 bits per heavy atom. The number of ether oxygens (including phenoxy) is 1. The van der Waals surface area contributed by atoms with Crippen LogP contribution < -0.4 is 4.74 Å². The van der Waals surface area contributed by atoms with Gasteiger partial charge in [0.1, 0.15) is 5.75 Å². The average Bonchev–Trinajstić information content (AvgIpc) is 2.01. The van der Waals surface area contributed by atoms with Crippen molar-refractivity contribution in [3.8, 4) is 5.75 Å². The quantitative estimate of drug-likeness (QED) is 0.704. The zero-order valence-electron chi connectivity index (χ0n) is 7.68. The molecule has 1 rings (SSSR count). The molecule has 0 saturated heterocycles. The normalized spacial score (nSPS) is 11.4. The standard InChI is InChI=1S/C10H12F2O/c1-3-8-5-4-6-9(7-8)13-10(2,11)12/h4-7H,3H2,1-2H3. The van der Waals surface area contributed by atoms with Gasteiger partial charge in [0.15, 0.2) is 0 Å². The molecule has 0 aliphatic heterocycles. The molecule has 0 heterocycles. The van der Waals surface area contributed by atoms with E-state index < -0.39 is 6.11 Å². The zero-order valence-corrected chi connectivity index (χ0v) is 7.68. The van der Waals surface area contributed by atoms with Gasteiger partial charge in [0.2, 0.25) is 0 Å². The Balaban J connectivity index is 2.78. The summed E-state index contributed by atoms with van der Waals surface area (Å²) in [6.45, 7) is 2.69. The summed E-state index contributed by atoms with van der Waals surface area (Å²) < 4.78 is 29.3. The van der Waals surface area contributed by atoms with Crippen molar-refractivity contribution >= 4 is 0 Å². The molecule has 0 unspecified atom stereocenters. The van der Waals surface area contributed by atoms with E-state index in [2.05, 4.69) is 4.74 Å². The molecule has 1 nitrogen and oxygen atoms in total. The molecule has 72 valence electrons. The molecule has 0 spiro atoms. The lowest BCUT2D eigenvalue weighted by Crippen LogP contribution is -2.19. The second-order valence-corrected chi connectivity index (χ2v) is 2.91. The molecule has 0 atom stereocenters. The van der Waals surface area contributed by atoms with Crippen molar-refractivity contribution in [2.75, 3.05) is 0 Å². The highest BCUT2D eigenvalue weighted by Gasteiger charge is 2.22. The van der Waals surface area contributed by atoms with Crippen LogP contribution in [-0.2, 0) is 6.42 Å². The van der Waals surface area contributed by atoms with Crippen LogP contribution in [0, 0.1) is 0 Å². The molecule has 0 aliphatic rings. The molecule has 0 amide bonds. The molecule has 0 bridgehead atoms. The first kappa shape index (κ1) is 9.96. The van der Waals surface area contributed by atoms with E-state index >= 15 is 0 Å². The first-order chi connectivity index (χ1) is 6.01. The first-order valence-electron chi connectivity index (χ1n) is 4.17. The molecular formula is C10H12F2O. The number of aryl methyl sites for hydroxylation is 1. The van der Waals surface area contributed by atoms with Crippen LogP contribution in [0.3, 0.4) is 0 Å². The van der Waals surface area contributed by atoms with Gasteiger partial charge in [-0.1, -0.05) is 19.1 Å². The summed E-state index contributed by atoms with van der Waals surface area (Å²) in [7, 11) is 0. The van der Waals surface area contributed by atoms with E-state index in [1.807, 2.05) is 13.0 Å². The molecule has 0 saturated carbocycles. The van der Waals surface area contributed by atoms with Crippen LogP contribution in [0.15, 0.2) is 24.3 Å². The number of rotatable bonds is 3. The van der Waals surface area contributed by atoms with Crippen LogP contribution in [-0.4, -0.2) is 6.11 Å². The minimum atomic E-state index is -3.10. The van der Waals surface area contributed by atoms with E-state index in [0.717, 1.165) is 18.9 Å². The molecule has 0 aliphatic carbocycles. The number of benzene rings is 1. The SMILES string of the molecule is CCc1cccc(OC(C)(F)F)c1. The van der Waals surface area contributed by atoms with Gasteiger partial charge in [-0.2, -0.15) is 8.78 Å². The van der Waals surface area contributed by atoms with Crippen molar-refractivity contribution in [3.63, 3.8) is 0 Å². The topological polar surface area (TPSA) is 9.23 Å². The smallest absolute Gasteiger partial charge is 0.394 e. The van der Waals surface area contributed by atoms with Crippen LogP contribution >= 0.6 is 0 Å². The van der Waals surface area contributed by atoms with Gasteiger partial charge in [-0.15, -0.1) is 0 Å². The lowest BCUT2D eigenvalue weighted by atomic mass is 10.2. The first-order valence-corrected chi connectivity index (χ1v) is 4.17. The van der Waals surface area contributed by atoms with Crippen molar-refractivity contribution in [2.24, 2.45) is 0 Å². The summed E-state index contributed by atoms with van der Waals surface area (Å²) in [4.78, 5) is 0. The lowest BCUT2D eigenvalue weighted by molar-refractivity contribution is -0.158. The van der Waals surface area contributed by atoms with Crippen LogP contribution in [0.1, 0.15) is 19.4 Å². The lowest BCUT2D eigenvalue weighted by Gasteiger charge is -2.13. The molecule has 3 heteroatoms. The Bertz CT molecular complexity index is 278. The zero-order chi connectivity index (χ0) is 9.90. The van der Waals surface area contributed by atoms with Crippen molar-refractivity contribution in [3.05, 3.63) is 29.8 Å². The minimum Gasteiger partial charge on any atom is -0.433 e. The van der Waals surface area contributed by atoms with E-state index in [-0.39, 0.29) is 5.75 Å².